The Morgan fingerprint density at radius 1 is 1.33 bits per heavy atom. The molecule has 0 spiro atoms. The van der Waals surface area contributed by atoms with Gasteiger partial charge >= 0.3 is 0 Å². The topological polar surface area (TPSA) is 58.2 Å². The summed E-state index contributed by atoms with van der Waals surface area (Å²) in [5.41, 5.74) is 0.351. The molecule has 4 nitrogen and oxygen atoms in total. The van der Waals surface area contributed by atoms with Crippen LogP contribution in [0.1, 0.15) is 51.3 Å². The largest absolute Gasteiger partial charge is 0.312 e. The third kappa shape index (κ3) is 4.77. The molecule has 1 aliphatic carbocycles. The zero-order chi connectivity index (χ0) is 15.5. The van der Waals surface area contributed by atoms with Crippen LogP contribution in [0, 0.1) is 5.41 Å². The second-order valence-corrected chi connectivity index (χ2v) is 9.30. The summed E-state index contributed by atoms with van der Waals surface area (Å²) in [4.78, 5) is 1.47. The van der Waals surface area contributed by atoms with E-state index in [1.165, 1.54) is 11.3 Å². The van der Waals surface area contributed by atoms with E-state index in [4.69, 9.17) is 0 Å². The highest BCUT2D eigenvalue weighted by atomic mass is 32.2. The predicted octanol–water partition coefficient (Wildman–Crippen LogP) is 3.10. The molecule has 2 N–H and O–H groups in total. The molecule has 0 aliphatic heterocycles. The van der Waals surface area contributed by atoms with Crippen LogP contribution >= 0.6 is 11.3 Å². The maximum Gasteiger partial charge on any atom is 0.241 e. The Hall–Kier alpha value is -0.430. The van der Waals surface area contributed by atoms with Crippen molar-refractivity contribution < 1.29 is 8.42 Å². The van der Waals surface area contributed by atoms with E-state index < -0.39 is 10.0 Å². The van der Waals surface area contributed by atoms with Gasteiger partial charge in [-0.3, -0.25) is 0 Å². The fourth-order valence-electron chi connectivity index (χ4n) is 2.65. The third-order valence-corrected chi connectivity index (χ3v) is 6.74. The number of hydrogen-bond acceptors (Lipinski definition) is 4. The van der Waals surface area contributed by atoms with Gasteiger partial charge in [-0.05, 0) is 43.7 Å². The lowest BCUT2D eigenvalue weighted by atomic mass is 9.76. The Morgan fingerprint density at radius 2 is 2.00 bits per heavy atom. The zero-order valence-electron chi connectivity index (χ0n) is 13.1. The molecule has 120 valence electrons. The minimum absolute atomic E-state index is 0.0835. The summed E-state index contributed by atoms with van der Waals surface area (Å²) in [5.74, 6) is 0. The van der Waals surface area contributed by atoms with Gasteiger partial charge < -0.3 is 5.32 Å². The maximum absolute atomic E-state index is 12.4. The quantitative estimate of drug-likeness (QED) is 0.842. The SMILES string of the molecule is CCNCc1cc(S(=O)(=O)NC2CCC(C)(C)CC2)cs1. The van der Waals surface area contributed by atoms with E-state index in [0.717, 1.165) is 43.6 Å². The molecule has 0 unspecified atom stereocenters. The minimum Gasteiger partial charge on any atom is -0.312 e. The summed E-state index contributed by atoms with van der Waals surface area (Å²) in [7, 11) is -3.37. The second-order valence-electron chi connectivity index (χ2n) is 6.59. The number of nitrogens with one attached hydrogen (secondary N) is 2. The van der Waals surface area contributed by atoms with E-state index in [0.29, 0.717) is 10.3 Å². The molecule has 6 heteroatoms. The van der Waals surface area contributed by atoms with Crippen LogP contribution in [0.15, 0.2) is 16.3 Å². The van der Waals surface area contributed by atoms with Crippen LogP contribution < -0.4 is 10.0 Å². The van der Waals surface area contributed by atoms with Crippen LogP contribution in [0.5, 0.6) is 0 Å². The van der Waals surface area contributed by atoms with Gasteiger partial charge in [-0.1, -0.05) is 20.8 Å². The van der Waals surface area contributed by atoms with Crippen LogP contribution in [-0.2, 0) is 16.6 Å². The Kier molecular flexibility index (Phi) is 5.46. The Morgan fingerprint density at radius 3 is 2.62 bits per heavy atom. The average Bonchev–Trinajstić information content (AvgIpc) is 2.88. The minimum atomic E-state index is -3.37. The van der Waals surface area contributed by atoms with Crippen LogP contribution in [0.2, 0.25) is 0 Å². The van der Waals surface area contributed by atoms with Crippen LogP contribution in [0.25, 0.3) is 0 Å². The summed E-state index contributed by atoms with van der Waals surface area (Å²) >= 11 is 1.50. The molecule has 0 aromatic carbocycles. The van der Waals surface area contributed by atoms with Gasteiger partial charge in [-0.15, -0.1) is 11.3 Å². The molecule has 0 radical (unpaired) electrons. The molecule has 0 bridgehead atoms. The zero-order valence-corrected chi connectivity index (χ0v) is 14.7. The molecular formula is C15H26N2O2S2. The lowest BCUT2D eigenvalue weighted by Gasteiger charge is -2.34. The van der Waals surface area contributed by atoms with E-state index >= 15 is 0 Å². The molecule has 1 saturated carbocycles. The van der Waals surface area contributed by atoms with Crippen molar-refractivity contribution in [2.24, 2.45) is 5.41 Å². The van der Waals surface area contributed by atoms with Crippen molar-refractivity contribution in [1.29, 1.82) is 0 Å². The molecule has 1 aliphatic rings. The number of hydrogen-bond donors (Lipinski definition) is 2. The van der Waals surface area contributed by atoms with Crippen LogP contribution in [0.4, 0.5) is 0 Å². The third-order valence-electron chi connectivity index (χ3n) is 4.15. The predicted molar refractivity (Wildman–Crippen MR) is 88.1 cm³/mol. The molecule has 21 heavy (non-hydrogen) atoms. The highest BCUT2D eigenvalue weighted by Crippen LogP contribution is 2.35. The van der Waals surface area contributed by atoms with Gasteiger partial charge in [-0.25, -0.2) is 13.1 Å². The summed E-state index contributed by atoms with van der Waals surface area (Å²) < 4.78 is 27.7. The number of rotatable bonds is 6. The second kappa shape index (κ2) is 6.77. The van der Waals surface area contributed by atoms with Gasteiger partial charge in [0.1, 0.15) is 0 Å². The van der Waals surface area contributed by atoms with Gasteiger partial charge in [0.2, 0.25) is 10.0 Å². The number of thiophene rings is 1. The first-order valence-corrected chi connectivity index (χ1v) is 9.99. The van der Waals surface area contributed by atoms with Crippen molar-refractivity contribution >= 4 is 21.4 Å². The maximum atomic E-state index is 12.4. The van der Waals surface area contributed by atoms with Gasteiger partial charge in [0, 0.05) is 22.8 Å². The molecule has 1 aromatic heterocycles. The normalized spacial score (nSPS) is 19.8. The number of sulfonamides is 1. The lowest BCUT2D eigenvalue weighted by molar-refractivity contribution is 0.218. The standard InChI is InChI=1S/C15H26N2O2S2/c1-4-16-10-13-9-14(11-20-13)21(18,19)17-12-5-7-15(2,3)8-6-12/h9,11-12,16-17H,4-8,10H2,1-3H3. The van der Waals surface area contributed by atoms with Crippen molar-refractivity contribution in [3.05, 3.63) is 16.3 Å². The van der Waals surface area contributed by atoms with E-state index in [9.17, 15) is 8.42 Å². The fourth-order valence-corrected chi connectivity index (χ4v) is 5.20. The summed E-state index contributed by atoms with van der Waals surface area (Å²) in [5, 5.41) is 4.95. The van der Waals surface area contributed by atoms with E-state index in [1.54, 1.807) is 11.4 Å². The molecule has 1 fully saturated rings. The lowest BCUT2D eigenvalue weighted by Crippen LogP contribution is -2.39. The highest BCUT2D eigenvalue weighted by molar-refractivity contribution is 7.89. The van der Waals surface area contributed by atoms with Gasteiger partial charge in [0.05, 0.1) is 4.90 Å². The Bertz CT molecular complexity index is 554. The molecule has 0 amide bonds. The first-order chi connectivity index (χ1) is 9.82. The summed E-state index contributed by atoms with van der Waals surface area (Å²) in [6.07, 6.45) is 4.02. The highest BCUT2D eigenvalue weighted by Gasteiger charge is 2.29. The fraction of sp³-hybridized carbons (Fsp3) is 0.733. The Labute approximate surface area is 132 Å². The summed E-state index contributed by atoms with van der Waals surface area (Å²) in [6, 6.07) is 1.86. The van der Waals surface area contributed by atoms with Crippen molar-refractivity contribution in [2.75, 3.05) is 6.54 Å². The monoisotopic (exact) mass is 330 g/mol. The van der Waals surface area contributed by atoms with Crippen LogP contribution in [-0.4, -0.2) is 21.0 Å². The molecule has 1 aromatic rings. The first kappa shape index (κ1) is 16.9. The molecule has 2 rings (SSSR count). The van der Waals surface area contributed by atoms with Crippen molar-refractivity contribution in [1.82, 2.24) is 10.0 Å². The van der Waals surface area contributed by atoms with Crippen LogP contribution in [0.3, 0.4) is 0 Å². The van der Waals surface area contributed by atoms with Gasteiger partial charge in [0.25, 0.3) is 0 Å². The molecular weight excluding hydrogens is 304 g/mol. The van der Waals surface area contributed by atoms with Gasteiger partial charge in [-0.2, -0.15) is 0 Å². The van der Waals surface area contributed by atoms with Crippen molar-refractivity contribution in [3.63, 3.8) is 0 Å². The smallest absolute Gasteiger partial charge is 0.241 e. The van der Waals surface area contributed by atoms with Crippen molar-refractivity contribution in [2.45, 2.75) is 63.9 Å². The summed E-state index contributed by atoms with van der Waals surface area (Å²) in [6.45, 7) is 8.16. The molecule has 0 atom stereocenters. The average molecular weight is 331 g/mol. The van der Waals surface area contributed by atoms with E-state index in [-0.39, 0.29) is 6.04 Å². The molecule has 1 heterocycles. The molecule has 0 saturated heterocycles. The van der Waals surface area contributed by atoms with Crippen molar-refractivity contribution in [3.8, 4) is 0 Å². The van der Waals surface area contributed by atoms with Gasteiger partial charge in [0.15, 0.2) is 0 Å². The first-order valence-electron chi connectivity index (χ1n) is 7.63. The Balaban J connectivity index is 1.97. The van der Waals surface area contributed by atoms with E-state index in [2.05, 4.69) is 23.9 Å². The van der Waals surface area contributed by atoms with E-state index in [1.807, 2.05) is 6.92 Å².